The number of carbonyl (C=O) groups excluding carboxylic acids is 2. The topological polar surface area (TPSA) is 74.7 Å². The Morgan fingerprint density at radius 3 is 2.42 bits per heavy atom. The average Bonchev–Trinajstić information content (AvgIpc) is 2.34. The number of pyridine rings is 1. The molecule has 1 aromatic rings. The SMILES string of the molecule is COc1ccc(C(=O)OCC(=O)OC(C)(C)C)cn1. The van der Waals surface area contributed by atoms with Crippen LogP contribution in [0.1, 0.15) is 31.1 Å². The van der Waals surface area contributed by atoms with Crippen LogP contribution in [0.3, 0.4) is 0 Å². The molecule has 0 aliphatic carbocycles. The second-order valence-corrected chi connectivity index (χ2v) is 4.75. The Balaban J connectivity index is 2.49. The van der Waals surface area contributed by atoms with Crippen LogP contribution in [0.5, 0.6) is 5.88 Å². The predicted octanol–water partition coefficient (Wildman–Crippen LogP) is 1.59. The summed E-state index contributed by atoms with van der Waals surface area (Å²) < 4.78 is 14.7. The lowest BCUT2D eigenvalue weighted by atomic mass is 10.2. The monoisotopic (exact) mass is 267 g/mol. The molecule has 0 bridgehead atoms. The minimum Gasteiger partial charge on any atom is -0.481 e. The Labute approximate surface area is 111 Å². The predicted molar refractivity (Wildman–Crippen MR) is 66.9 cm³/mol. The fourth-order valence-corrected chi connectivity index (χ4v) is 1.20. The van der Waals surface area contributed by atoms with Crippen molar-refractivity contribution in [3.8, 4) is 5.88 Å². The largest absolute Gasteiger partial charge is 0.481 e. The Bertz CT molecular complexity index is 447. The Morgan fingerprint density at radius 1 is 1.26 bits per heavy atom. The number of nitrogens with zero attached hydrogens (tertiary/aromatic N) is 1. The summed E-state index contributed by atoms with van der Waals surface area (Å²) in [6.45, 7) is 4.78. The normalized spacial score (nSPS) is 10.7. The quantitative estimate of drug-likeness (QED) is 0.771. The van der Waals surface area contributed by atoms with Gasteiger partial charge in [-0.05, 0) is 26.8 Å². The molecule has 0 fully saturated rings. The van der Waals surface area contributed by atoms with Gasteiger partial charge in [0.15, 0.2) is 6.61 Å². The van der Waals surface area contributed by atoms with Crippen molar-refractivity contribution in [1.82, 2.24) is 4.98 Å². The van der Waals surface area contributed by atoms with Gasteiger partial charge in [0.05, 0.1) is 12.7 Å². The van der Waals surface area contributed by atoms with Gasteiger partial charge in [-0.1, -0.05) is 0 Å². The van der Waals surface area contributed by atoms with E-state index < -0.39 is 24.1 Å². The number of methoxy groups -OCH3 is 1. The average molecular weight is 267 g/mol. The summed E-state index contributed by atoms with van der Waals surface area (Å²) in [5.74, 6) is -0.841. The van der Waals surface area contributed by atoms with Gasteiger partial charge in [-0.15, -0.1) is 0 Å². The van der Waals surface area contributed by atoms with Crippen molar-refractivity contribution in [2.45, 2.75) is 26.4 Å². The van der Waals surface area contributed by atoms with E-state index in [1.807, 2.05) is 0 Å². The van der Waals surface area contributed by atoms with Gasteiger partial charge < -0.3 is 14.2 Å². The molecule has 19 heavy (non-hydrogen) atoms. The van der Waals surface area contributed by atoms with Crippen LogP contribution in [-0.4, -0.2) is 36.2 Å². The lowest BCUT2D eigenvalue weighted by molar-refractivity contribution is -0.158. The molecule has 0 N–H and O–H groups in total. The van der Waals surface area contributed by atoms with E-state index in [9.17, 15) is 9.59 Å². The van der Waals surface area contributed by atoms with Crippen molar-refractivity contribution in [3.63, 3.8) is 0 Å². The molecule has 0 spiro atoms. The minimum absolute atomic E-state index is 0.240. The van der Waals surface area contributed by atoms with Crippen molar-refractivity contribution >= 4 is 11.9 Å². The first-order valence-corrected chi connectivity index (χ1v) is 5.71. The maximum absolute atomic E-state index is 11.6. The maximum atomic E-state index is 11.6. The highest BCUT2D eigenvalue weighted by molar-refractivity contribution is 5.90. The summed E-state index contributed by atoms with van der Waals surface area (Å²) in [6.07, 6.45) is 1.32. The maximum Gasteiger partial charge on any atom is 0.344 e. The van der Waals surface area contributed by atoms with Gasteiger partial charge in [-0.3, -0.25) is 0 Å². The lowest BCUT2D eigenvalue weighted by Crippen LogP contribution is -2.27. The van der Waals surface area contributed by atoms with Gasteiger partial charge >= 0.3 is 11.9 Å². The Morgan fingerprint density at radius 2 is 1.95 bits per heavy atom. The van der Waals surface area contributed by atoms with Crippen LogP contribution in [-0.2, 0) is 14.3 Å². The first-order valence-electron chi connectivity index (χ1n) is 5.71. The van der Waals surface area contributed by atoms with Crippen LogP contribution in [0.4, 0.5) is 0 Å². The van der Waals surface area contributed by atoms with Crippen LogP contribution in [0.25, 0.3) is 0 Å². The molecule has 0 aliphatic heterocycles. The molecule has 6 nitrogen and oxygen atoms in total. The zero-order chi connectivity index (χ0) is 14.5. The van der Waals surface area contributed by atoms with E-state index >= 15 is 0 Å². The van der Waals surface area contributed by atoms with E-state index in [4.69, 9.17) is 14.2 Å². The van der Waals surface area contributed by atoms with Crippen molar-refractivity contribution < 1.29 is 23.8 Å². The number of hydrogen-bond donors (Lipinski definition) is 0. The number of hydrogen-bond acceptors (Lipinski definition) is 6. The third-order valence-corrected chi connectivity index (χ3v) is 1.92. The summed E-state index contributed by atoms with van der Waals surface area (Å²) >= 11 is 0. The highest BCUT2D eigenvalue weighted by Crippen LogP contribution is 2.09. The van der Waals surface area contributed by atoms with Crippen LogP contribution in [0, 0.1) is 0 Å². The van der Waals surface area contributed by atoms with Crippen LogP contribution in [0.2, 0.25) is 0 Å². The van der Waals surface area contributed by atoms with Crippen molar-refractivity contribution in [2.75, 3.05) is 13.7 Å². The van der Waals surface area contributed by atoms with Gasteiger partial charge in [0.2, 0.25) is 5.88 Å². The van der Waals surface area contributed by atoms with Gasteiger partial charge in [-0.2, -0.15) is 0 Å². The van der Waals surface area contributed by atoms with Gasteiger partial charge in [0.1, 0.15) is 5.60 Å². The van der Waals surface area contributed by atoms with Crippen LogP contribution in [0.15, 0.2) is 18.3 Å². The van der Waals surface area contributed by atoms with Gasteiger partial charge in [0, 0.05) is 12.3 Å². The summed E-state index contributed by atoms with van der Waals surface area (Å²) in [5.41, 5.74) is -0.366. The molecule has 0 amide bonds. The molecular weight excluding hydrogens is 250 g/mol. The molecule has 1 rings (SSSR count). The minimum atomic E-state index is -0.638. The smallest absolute Gasteiger partial charge is 0.344 e. The number of aromatic nitrogens is 1. The third-order valence-electron chi connectivity index (χ3n) is 1.92. The zero-order valence-electron chi connectivity index (χ0n) is 11.4. The molecule has 0 saturated carbocycles. The molecule has 0 saturated heterocycles. The van der Waals surface area contributed by atoms with E-state index in [-0.39, 0.29) is 5.56 Å². The fourth-order valence-electron chi connectivity index (χ4n) is 1.20. The summed E-state index contributed by atoms with van der Waals surface area (Å²) in [4.78, 5) is 26.8. The van der Waals surface area contributed by atoms with Gasteiger partial charge in [0.25, 0.3) is 0 Å². The number of carbonyl (C=O) groups is 2. The molecule has 0 aromatic carbocycles. The molecule has 0 aliphatic rings. The van der Waals surface area contributed by atoms with Crippen molar-refractivity contribution in [2.24, 2.45) is 0 Å². The molecule has 0 unspecified atom stereocenters. The summed E-state index contributed by atoms with van der Waals surface area (Å²) in [6, 6.07) is 3.04. The van der Waals surface area contributed by atoms with E-state index in [0.29, 0.717) is 5.88 Å². The number of rotatable bonds is 4. The molecule has 1 heterocycles. The zero-order valence-corrected chi connectivity index (χ0v) is 11.4. The Kier molecular flexibility index (Phi) is 4.86. The molecule has 1 aromatic heterocycles. The van der Waals surface area contributed by atoms with E-state index in [2.05, 4.69) is 4.98 Å². The van der Waals surface area contributed by atoms with E-state index in [0.717, 1.165) is 0 Å². The molecule has 0 radical (unpaired) electrons. The van der Waals surface area contributed by atoms with Gasteiger partial charge in [-0.25, -0.2) is 14.6 Å². The van der Waals surface area contributed by atoms with E-state index in [1.54, 1.807) is 20.8 Å². The number of ether oxygens (including phenoxy) is 3. The second-order valence-electron chi connectivity index (χ2n) is 4.75. The standard InChI is InChI=1S/C13H17NO5/c1-13(2,3)19-11(15)8-18-12(16)9-5-6-10(17-4)14-7-9/h5-7H,8H2,1-4H3. The highest BCUT2D eigenvalue weighted by atomic mass is 16.6. The second kappa shape index (κ2) is 6.17. The molecular formula is C13H17NO5. The fraction of sp³-hybridized carbons (Fsp3) is 0.462. The summed E-state index contributed by atoms with van der Waals surface area (Å²) in [5, 5.41) is 0. The highest BCUT2D eigenvalue weighted by Gasteiger charge is 2.18. The third kappa shape index (κ3) is 5.37. The first kappa shape index (κ1) is 14.9. The lowest BCUT2D eigenvalue weighted by Gasteiger charge is -2.19. The molecule has 0 atom stereocenters. The molecule has 104 valence electrons. The Hall–Kier alpha value is -2.11. The molecule has 6 heteroatoms. The summed E-state index contributed by atoms with van der Waals surface area (Å²) in [7, 11) is 1.48. The first-order chi connectivity index (χ1) is 8.81. The van der Waals surface area contributed by atoms with Crippen molar-refractivity contribution in [3.05, 3.63) is 23.9 Å². The van der Waals surface area contributed by atoms with Crippen LogP contribution >= 0.6 is 0 Å². The van der Waals surface area contributed by atoms with Crippen molar-refractivity contribution in [1.29, 1.82) is 0 Å². The van der Waals surface area contributed by atoms with E-state index in [1.165, 1.54) is 25.4 Å². The van der Waals surface area contributed by atoms with Crippen LogP contribution < -0.4 is 4.74 Å². The number of esters is 2.